The van der Waals surface area contributed by atoms with Gasteiger partial charge in [-0.15, -0.1) is 0 Å². The SMILES string of the molecule is Cc1ccccc1NN=C1C(=O)c2ccc(NC(=O)Nc3ccc4c(c3)C=C(S(=O)(=O)O)C(=NNc3ccccc3C)C4=O)cc2C=C1S(=O)(=O)O. The number of aryl methyl sites for hydroxylation is 2. The molecule has 2 aliphatic rings. The van der Waals surface area contributed by atoms with E-state index in [0.717, 1.165) is 23.3 Å². The number of amides is 2. The van der Waals surface area contributed by atoms with Crippen LogP contribution in [0, 0.1) is 13.8 Å². The van der Waals surface area contributed by atoms with Gasteiger partial charge < -0.3 is 10.6 Å². The van der Waals surface area contributed by atoms with Gasteiger partial charge in [-0.2, -0.15) is 27.0 Å². The number of carbonyl (C=O) groups excluding carboxylic acids is 3. The van der Waals surface area contributed by atoms with E-state index >= 15 is 0 Å². The molecule has 6 rings (SSSR count). The zero-order valence-electron chi connectivity index (χ0n) is 27.2. The van der Waals surface area contributed by atoms with Gasteiger partial charge in [0, 0.05) is 22.5 Å². The third-order valence-electron chi connectivity index (χ3n) is 8.00. The summed E-state index contributed by atoms with van der Waals surface area (Å²) in [6, 6.07) is 21.3. The zero-order valence-corrected chi connectivity index (χ0v) is 28.8. The minimum absolute atomic E-state index is 0.0569. The van der Waals surface area contributed by atoms with Crippen molar-refractivity contribution in [1.29, 1.82) is 0 Å². The largest absolute Gasteiger partial charge is 0.323 e. The molecule has 0 fully saturated rings. The Hall–Kier alpha value is -6.27. The van der Waals surface area contributed by atoms with E-state index < -0.39 is 59.1 Å². The van der Waals surface area contributed by atoms with E-state index in [1.807, 2.05) is 0 Å². The van der Waals surface area contributed by atoms with E-state index in [0.29, 0.717) is 11.4 Å². The van der Waals surface area contributed by atoms with Crippen molar-refractivity contribution in [3.63, 3.8) is 0 Å². The molecule has 6 N–H and O–H groups in total. The number of hydrogen-bond donors (Lipinski definition) is 6. The Morgan fingerprint density at radius 2 is 0.981 bits per heavy atom. The number of fused-ring (bicyclic) bond motifs is 2. The molecule has 17 heteroatoms. The molecule has 4 aromatic rings. The minimum Gasteiger partial charge on any atom is -0.308 e. The van der Waals surface area contributed by atoms with E-state index in [9.17, 15) is 40.3 Å². The summed E-state index contributed by atoms with van der Waals surface area (Å²) >= 11 is 0. The molecule has 2 aliphatic carbocycles. The molecule has 0 spiro atoms. The van der Waals surface area contributed by atoms with Crippen LogP contribution < -0.4 is 21.5 Å². The molecule has 52 heavy (non-hydrogen) atoms. The Labute approximate surface area is 297 Å². The Balaban J connectivity index is 1.23. The molecule has 0 unspecified atom stereocenters. The van der Waals surface area contributed by atoms with Gasteiger partial charge in [0.25, 0.3) is 20.2 Å². The standard InChI is InChI=1S/C35H28N6O9S2/c1-19-7-3-5-9-27(19)38-40-31-29(51(45,46)47)17-21-15-23(11-13-25(21)33(31)42)36-35(44)37-24-12-14-26-22(16-24)18-30(52(48,49)50)32(34(26)43)41-39-28-10-6-4-8-20(28)2/h3-18,38-39H,1-2H3,(H2,36,37,44)(H,45,46,47)(H,48,49,50). The highest BCUT2D eigenvalue weighted by Gasteiger charge is 2.34. The Morgan fingerprint density at radius 1 is 0.596 bits per heavy atom. The Bertz CT molecular complexity index is 2380. The van der Waals surface area contributed by atoms with Gasteiger partial charge in [-0.25, -0.2) is 4.79 Å². The zero-order chi connectivity index (χ0) is 37.4. The normalized spacial score (nSPS) is 15.7. The van der Waals surface area contributed by atoms with Crippen LogP contribution in [-0.2, 0) is 20.2 Å². The highest BCUT2D eigenvalue weighted by molar-refractivity contribution is 7.91. The van der Waals surface area contributed by atoms with Crippen molar-refractivity contribution >= 4 is 84.2 Å². The molecule has 4 aromatic carbocycles. The van der Waals surface area contributed by atoms with Crippen LogP contribution in [0.5, 0.6) is 0 Å². The first kappa shape index (κ1) is 35.6. The number of benzene rings is 4. The van der Waals surface area contributed by atoms with Crippen molar-refractivity contribution in [2.75, 3.05) is 21.5 Å². The third-order valence-corrected chi connectivity index (χ3v) is 9.73. The fraction of sp³-hybridized carbons (Fsp3) is 0.0571. The lowest BCUT2D eigenvalue weighted by molar-refractivity contribution is 0.105. The maximum absolute atomic E-state index is 13.3. The number of allylic oxidation sites excluding steroid dienone is 2. The number of carbonyl (C=O) groups is 3. The summed E-state index contributed by atoms with van der Waals surface area (Å²) in [6.45, 7) is 3.57. The third kappa shape index (κ3) is 7.42. The first-order chi connectivity index (χ1) is 24.6. The summed E-state index contributed by atoms with van der Waals surface area (Å²) in [7, 11) is -9.82. The van der Waals surface area contributed by atoms with Crippen LogP contribution in [0.2, 0.25) is 0 Å². The average molecular weight is 741 g/mol. The smallest absolute Gasteiger partial charge is 0.308 e. The van der Waals surface area contributed by atoms with Crippen LogP contribution in [0.15, 0.2) is 105 Å². The van der Waals surface area contributed by atoms with Crippen LogP contribution >= 0.6 is 0 Å². The highest BCUT2D eigenvalue weighted by Crippen LogP contribution is 2.30. The molecule has 0 radical (unpaired) electrons. The predicted molar refractivity (Wildman–Crippen MR) is 198 cm³/mol. The quantitative estimate of drug-likeness (QED) is 0.0942. The van der Waals surface area contributed by atoms with Gasteiger partial charge in [0.2, 0.25) is 11.6 Å². The van der Waals surface area contributed by atoms with Crippen molar-refractivity contribution in [2.24, 2.45) is 10.2 Å². The summed E-state index contributed by atoms with van der Waals surface area (Å²) in [5, 5.41) is 13.1. The lowest BCUT2D eigenvalue weighted by Gasteiger charge is -2.18. The van der Waals surface area contributed by atoms with Crippen LogP contribution in [0.25, 0.3) is 12.2 Å². The highest BCUT2D eigenvalue weighted by atomic mass is 32.2. The number of nitrogens with zero attached hydrogens (tertiary/aromatic N) is 2. The van der Waals surface area contributed by atoms with Crippen molar-refractivity contribution in [1.82, 2.24) is 0 Å². The second kappa shape index (κ2) is 13.8. The van der Waals surface area contributed by atoms with Gasteiger partial charge in [-0.1, -0.05) is 36.4 Å². The molecule has 0 bridgehead atoms. The fourth-order valence-electron chi connectivity index (χ4n) is 5.36. The number of anilines is 4. The number of Topliss-reactive ketones (excluding diaryl/α,β-unsaturated/α-hetero) is 2. The molecule has 0 aromatic heterocycles. The molecule has 0 saturated heterocycles. The maximum atomic E-state index is 13.3. The maximum Gasteiger partial charge on any atom is 0.323 e. The number of hydrogen-bond acceptors (Lipinski definition) is 11. The summed E-state index contributed by atoms with van der Waals surface area (Å²) in [5.74, 6) is -1.58. The number of rotatable bonds is 8. The number of urea groups is 1. The minimum atomic E-state index is -4.91. The Morgan fingerprint density at radius 3 is 1.35 bits per heavy atom. The summed E-state index contributed by atoms with van der Waals surface area (Å²) in [4.78, 5) is 38.2. The lowest BCUT2D eigenvalue weighted by atomic mass is 9.94. The molecular weight excluding hydrogens is 713 g/mol. The van der Waals surface area contributed by atoms with Gasteiger partial charge in [-0.05, 0) is 96.8 Å². The van der Waals surface area contributed by atoms with Crippen LogP contribution in [-0.4, -0.2) is 55.0 Å². The van der Waals surface area contributed by atoms with E-state index in [1.54, 1.807) is 62.4 Å². The molecule has 15 nitrogen and oxygen atoms in total. The molecular formula is C35H28N6O9S2. The molecule has 0 saturated carbocycles. The van der Waals surface area contributed by atoms with Gasteiger partial charge in [0.1, 0.15) is 9.81 Å². The van der Waals surface area contributed by atoms with E-state index in [2.05, 4.69) is 31.7 Å². The second-order valence-corrected chi connectivity index (χ2v) is 14.4. The predicted octanol–water partition coefficient (Wildman–Crippen LogP) is 5.73. The molecule has 2 amide bonds. The average Bonchev–Trinajstić information content (AvgIpc) is 3.07. The van der Waals surface area contributed by atoms with Crippen LogP contribution in [0.4, 0.5) is 27.5 Å². The fourth-order valence-corrected chi connectivity index (χ4v) is 6.68. The molecule has 0 aliphatic heterocycles. The lowest BCUT2D eigenvalue weighted by Crippen LogP contribution is -2.27. The molecule has 264 valence electrons. The summed E-state index contributed by atoms with van der Waals surface area (Å²) in [6.07, 6.45) is 2.11. The second-order valence-electron chi connectivity index (χ2n) is 11.6. The number of hydrazone groups is 2. The molecule has 0 atom stereocenters. The van der Waals surface area contributed by atoms with Crippen molar-refractivity contribution < 1.29 is 40.3 Å². The first-order valence-corrected chi connectivity index (χ1v) is 18.1. The van der Waals surface area contributed by atoms with Crippen LogP contribution in [0.3, 0.4) is 0 Å². The van der Waals surface area contributed by atoms with Gasteiger partial charge in [0.05, 0.1) is 11.4 Å². The summed E-state index contributed by atoms with van der Waals surface area (Å²) < 4.78 is 69.0. The summed E-state index contributed by atoms with van der Waals surface area (Å²) in [5.41, 5.74) is 7.38. The van der Waals surface area contributed by atoms with Gasteiger partial charge in [-0.3, -0.25) is 29.5 Å². The van der Waals surface area contributed by atoms with Crippen molar-refractivity contribution in [2.45, 2.75) is 13.8 Å². The number of ketones is 2. The van der Waals surface area contributed by atoms with Crippen molar-refractivity contribution in [3.05, 3.63) is 128 Å². The number of para-hydroxylation sites is 2. The van der Waals surface area contributed by atoms with E-state index in [1.165, 1.54) is 36.4 Å². The van der Waals surface area contributed by atoms with E-state index in [4.69, 9.17) is 0 Å². The van der Waals surface area contributed by atoms with Gasteiger partial charge >= 0.3 is 6.03 Å². The number of nitrogens with one attached hydrogen (secondary N) is 4. The first-order valence-electron chi connectivity index (χ1n) is 15.2. The van der Waals surface area contributed by atoms with Gasteiger partial charge in [0.15, 0.2) is 11.4 Å². The van der Waals surface area contributed by atoms with E-state index in [-0.39, 0.29) is 33.6 Å². The topological polar surface area (TPSA) is 233 Å². The Kier molecular flexibility index (Phi) is 9.44. The molecule has 0 heterocycles. The van der Waals surface area contributed by atoms with Crippen molar-refractivity contribution in [3.8, 4) is 0 Å². The van der Waals surface area contributed by atoms with Crippen LogP contribution in [0.1, 0.15) is 43.0 Å². The monoisotopic (exact) mass is 740 g/mol.